The highest BCUT2D eigenvalue weighted by Crippen LogP contribution is 2.24. The van der Waals surface area contributed by atoms with Gasteiger partial charge < -0.3 is 20.3 Å². The van der Waals surface area contributed by atoms with Gasteiger partial charge >= 0.3 is 0 Å². The molecule has 0 spiro atoms. The average Bonchev–Trinajstić information content (AvgIpc) is 2.83. The number of ether oxygens (including phenoxy) is 1. The Morgan fingerprint density at radius 2 is 2.15 bits per heavy atom. The monoisotopic (exact) mass is 279 g/mol. The Hall–Kier alpha value is -1.10. The van der Waals surface area contributed by atoms with Crippen LogP contribution in [0.4, 0.5) is 0 Å². The normalized spacial score (nSPS) is 23.8. The van der Waals surface area contributed by atoms with Gasteiger partial charge in [-0.25, -0.2) is 0 Å². The molecule has 0 amide bonds. The van der Waals surface area contributed by atoms with Crippen LogP contribution in [-0.4, -0.2) is 42.1 Å². The van der Waals surface area contributed by atoms with Crippen LogP contribution < -0.4 is 10.1 Å². The highest BCUT2D eigenvalue weighted by molar-refractivity contribution is 5.31. The van der Waals surface area contributed by atoms with E-state index >= 15 is 0 Å². The number of benzene rings is 1. The number of aliphatic hydroxyl groups excluding tert-OH is 2. The molecule has 112 valence electrons. The summed E-state index contributed by atoms with van der Waals surface area (Å²) in [5.41, 5.74) is 1.08. The van der Waals surface area contributed by atoms with Gasteiger partial charge in [-0.15, -0.1) is 0 Å². The zero-order valence-corrected chi connectivity index (χ0v) is 12.1. The maximum atomic E-state index is 9.89. The van der Waals surface area contributed by atoms with Crippen LogP contribution in [0.25, 0.3) is 0 Å². The molecule has 0 aromatic heterocycles. The number of aliphatic hydroxyl groups is 2. The van der Waals surface area contributed by atoms with Crippen molar-refractivity contribution in [1.82, 2.24) is 5.32 Å². The molecule has 1 aliphatic rings. The van der Waals surface area contributed by atoms with Gasteiger partial charge in [-0.05, 0) is 50.3 Å². The summed E-state index contributed by atoms with van der Waals surface area (Å²) in [6.07, 6.45) is 2.22. The number of para-hydroxylation sites is 1. The predicted octanol–water partition coefficient (Wildman–Crippen LogP) is 1.49. The largest absolute Gasteiger partial charge is 0.491 e. The number of hydrogen-bond acceptors (Lipinski definition) is 4. The Bertz CT molecular complexity index is 410. The van der Waals surface area contributed by atoms with Crippen molar-refractivity contribution in [2.24, 2.45) is 5.92 Å². The summed E-state index contributed by atoms with van der Waals surface area (Å²) in [7, 11) is 0. The molecule has 0 radical (unpaired) electrons. The zero-order valence-electron chi connectivity index (χ0n) is 12.1. The second kappa shape index (κ2) is 7.62. The summed E-state index contributed by atoms with van der Waals surface area (Å²) in [6, 6.07) is 7.80. The molecule has 0 heterocycles. The lowest BCUT2D eigenvalue weighted by Gasteiger charge is -2.16. The molecule has 3 unspecified atom stereocenters. The van der Waals surface area contributed by atoms with E-state index in [2.05, 4.69) is 5.32 Å². The third-order valence-corrected chi connectivity index (χ3v) is 3.85. The van der Waals surface area contributed by atoms with Crippen LogP contribution in [0.15, 0.2) is 24.3 Å². The first-order valence-electron chi connectivity index (χ1n) is 7.40. The van der Waals surface area contributed by atoms with Crippen LogP contribution in [0.3, 0.4) is 0 Å². The van der Waals surface area contributed by atoms with E-state index < -0.39 is 6.10 Å². The van der Waals surface area contributed by atoms with Gasteiger partial charge in [0.05, 0.1) is 6.10 Å². The Balaban J connectivity index is 1.61. The maximum absolute atomic E-state index is 9.89. The van der Waals surface area contributed by atoms with E-state index in [9.17, 15) is 10.2 Å². The van der Waals surface area contributed by atoms with Crippen LogP contribution in [-0.2, 0) is 0 Å². The second-order valence-electron chi connectivity index (χ2n) is 5.72. The maximum Gasteiger partial charge on any atom is 0.122 e. The Morgan fingerprint density at radius 3 is 2.85 bits per heavy atom. The fourth-order valence-corrected chi connectivity index (χ4v) is 2.65. The lowest BCUT2D eigenvalue weighted by Crippen LogP contribution is -2.34. The minimum absolute atomic E-state index is 0.129. The highest BCUT2D eigenvalue weighted by atomic mass is 16.5. The van der Waals surface area contributed by atoms with Crippen molar-refractivity contribution in [2.75, 3.05) is 19.7 Å². The van der Waals surface area contributed by atoms with Gasteiger partial charge in [0.25, 0.3) is 0 Å². The molecule has 3 atom stereocenters. The van der Waals surface area contributed by atoms with Crippen molar-refractivity contribution in [2.45, 2.75) is 38.4 Å². The molecule has 1 aromatic carbocycles. The molecule has 1 aliphatic carbocycles. The van der Waals surface area contributed by atoms with Gasteiger partial charge in [0.15, 0.2) is 0 Å². The van der Waals surface area contributed by atoms with Gasteiger partial charge in [0.1, 0.15) is 18.5 Å². The molecular weight excluding hydrogens is 254 g/mol. The molecule has 1 aromatic rings. The topological polar surface area (TPSA) is 61.7 Å². The fraction of sp³-hybridized carbons (Fsp3) is 0.625. The minimum atomic E-state index is -0.513. The van der Waals surface area contributed by atoms with Crippen molar-refractivity contribution < 1.29 is 14.9 Å². The van der Waals surface area contributed by atoms with Gasteiger partial charge in [-0.2, -0.15) is 0 Å². The SMILES string of the molecule is Cc1ccccc1OCC(O)CNCC1CCC(O)C1. The molecule has 0 aliphatic heterocycles. The van der Waals surface area contributed by atoms with Crippen molar-refractivity contribution >= 4 is 0 Å². The van der Waals surface area contributed by atoms with Crippen molar-refractivity contribution in [3.05, 3.63) is 29.8 Å². The average molecular weight is 279 g/mol. The predicted molar refractivity (Wildman–Crippen MR) is 78.9 cm³/mol. The Labute approximate surface area is 120 Å². The fourth-order valence-electron chi connectivity index (χ4n) is 2.65. The van der Waals surface area contributed by atoms with Crippen molar-refractivity contribution in [3.8, 4) is 5.75 Å². The van der Waals surface area contributed by atoms with E-state index in [1.807, 2.05) is 31.2 Å². The summed E-state index contributed by atoms with van der Waals surface area (Å²) >= 11 is 0. The van der Waals surface area contributed by atoms with Crippen molar-refractivity contribution in [1.29, 1.82) is 0 Å². The van der Waals surface area contributed by atoms with E-state index in [4.69, 9.17) is 4.74 Å². The smallest absolute Gasteiger partial charge is 0.122 e. The van der Waals surface area contributed by atoms with E-state index in [-0.39, 0.29) is 6.10 Å². The standard InChI is InChI=1S/C16H25NO3/c1-12-4-2-3-5-16(12)20-11-15(19)10-17-9-13-6-7-14(18)8-13/h2-5,13-15,17-19H,6-11H2,1H3. The number of rotatable bonds is 7. The number of aryl methyl sites for hydroxylation is 1. The van der Waals surface area contributed by atoms with E-state index in [1.54, 1.807) is 0 Å². The molecule has 1 saturated carbocycles. The summed E-state index contributed by atoms with van der Waals surface area (Å²) < 4.78 is 5.61. The summed E-state index contributed by atoms with van der Waals surface area (Å²) in [5.74, 6) is 1.36. The summed E-state index contributed by atoms with van der Waals surface area (Å²) in [4.78, 5) is 0. The van der Waals surface area contributed by atoms with Gasteiger partial charge in [0.2, 0.25) is 0 Å². The second-order valence-corrected chi connectivity index (χ2v) is 5.72. The minimum Gasteiger partial charge on any atom is -0.491 e. The van der Waals surface area contributed by atoms with E-state index in [0.29, 0.717) is 19.1 Å². The van der Waals surface area contributed by atoms with E-state index in [0.717, 1.165) is 37.1 Å². The first-order chi connectivity index (χ1) is 9.65. The molecule has 1 fully saturated rings. The molecule has 4 nitrogen and oxygen atoms in total. The van der Waals surface area contributed by atoms with Gasteiger partial charge in [-0.3, -0.25) is 0 Å². The lowest BCUT2D eigenvalue weighted by molar-refractivity contribution is 0.105. The molecule has 2 rings (SSSR count). The Kier molecular flexibility index (Phi) is 5.83. The first kappa shape index (κ1) is 15.3. The molecular formula is C16H25NO3. The molecule has 3 N–H and O–H groups in total. The molecule has 0 bridgehead atoms. The zero-order chi connectivity index (χ0) is 14.4. The molecule has 0 saturated heterocycles. The first-order valence-corrected chi connectivity index (χ1v) is 7.40. The summed E-state index contributed by atoms with van der Waals surface area (Å²) in [5, 5.41) is 22.6. The van der Waals surface area contributed by atoms with Crippen molar-refractivity contribution in [3.63, 3.8) is 0 Å². The number of hydrogen-bond donors (Lipinski definition) is 3. The summed E-state index contributed by atoms with van der Waals surface area (Å²) in [6.45, 7) is 3.67. The van der Waals surface area contributed by atoms with Gasteiger partial charge in [0, 0.05) is 6.54 Å². The molecule has 20 heavy (non-hydrogen) atoms. The van der Waals surface area contributed by atoms with Crippen LogP contribution in [0.2, 0.25) is 0 Å². The molecule has 4 heteroatoms. The third-order valence-electron chi connectivity index (χ3n) is 3.85. The van der Waals surface area contributed by atoms with E-state index in [1.165, 1.54) is 0 Å². The van der Waals surface area contributed by atoms with Crippen LogP contribution in [0.5, 0.6) is 5.75 Å². The quantitative estimate of drug-likeness (QED) is 0.707. The highest BCUT2D eigenvalue weighted by Gasteiger charge is 2.22. The van der Waals surface area contributed by atoms with Crippen LogP contribution >= 0.6 is 0 Å². The van der Waals surface area contributed by atoms with Crippen LogP contribution in [0, 0.1) is 12.8 Å². The van der Waals surface area contributed by atoms with Crippen LogP contribution in [0.1, 0.15) is 24.8 Å². The number of nitrogens with one attached hydrogen (secondary N) is 1. The third kappa shape index (κ3) is 4.78. The Morgan fingerprint density at radius 1 is 1.35 bits per heavy atom. The lowest BCUT2D eigenvalue weighted by atomic mass is 10.1. The van der Waals surface area contributed by atoms with Gasteiger partial charge in [-0.1, -0.05) is 18.2 Å².